The van der Waals surface area contributed by atoms with E-state index in [-0.39, 0.29) is 23.5 Å². The molecule has 0 saturated heterocycles. The highest BCUT2D eigenvalue weighted by Gasteiger charge is 2.62. The van der Waals surface area contributed by atoms with E-state index in [4.69, 9.17) is 0 Å². The van der Waals surface area contributed by atoms with E-state index in [1.165, 1.54) is 25.7 Å². The van der Waals surface area contributed by atoms with Crippen molar-refractivity contribution in [2.24, 2.45) is 40.4 Å². The van der Waals surface area contributed by atoms with Gasteiger partial charge in [0.2, 0.25) is 0 Å². The van der Waals surface area contributed by atoms with Gasteiger partial charge in [-0.3, -0.25) is 0 Å². The highest BCUT2D eigenvalue weighted by Crippen LogP contribution is 2.67. The van der Waals surface area contributed by atoms with Crippen molar-refractivity contribution < 1.29 is 15.3 Å². The summed E-state index contributed by atoms with van der Waals surface area (Å²) in [5, 5.41) is 31.1. The van der Waals surface area contributed by atoms with E-state index < -0.39 is 6.10 Å². The van der Waals surface area contributed by atoms with Crippen LogP contribution in [-0.4, -0.2) is 33.6 Å². The van der Waals surface area contributed by atoms with E-state index in [9.17, 15) is 15.3 Å². The van der Waals surface area contributed by atoms with Gasteiger partial charge in [-0.1, -0.05) is 13.8 Å². The quantitative estimate of drug-likeness (QED) is 0.688. The van der Waals surface area contributed by atoms with E-state index in [2.05, 4.69) is 13.8 Å². The maximum atomic E-state index is 10.7. The Balaban J connectivity index is 1.63. The van der Waals surface area contributed by atoms with E-state index in [0.29, 0.717) is 23.2 Å². The van der Waals surface area contributed by atoms with Crippen molar-refractivity contribution in [2.45, 2.75) is 90.4 Å². The van der Waals surface area contributed by atoms with Crippen LogP contribution in [0, 0.1) is 40.4 Å². The van der Waals surface area contributed by atoms with Crippen LogP contribution in [0.5, 0.6) is 0 Å². The first kappa shape index (κ1) is 17.3. The van der Waals surface area contributed by atoms with Crippen LogP contribution in [0.1, 0.15) is 72.1 Å². The zero-order chi connectivity index (χ0) is 17.3. The summed E-state index contributed by atoms with van der Waals surface area (Å²) in [5.41, 5.74) is 0.490. The van der Waals surface area contributed by atoms with Crippen LogP contribution < -0.4 is 0 Å². The van der Waals surface area contributed by atoms with Crippen LogP contribution in [0.4, 0.5) is 0 Å². The Labute approximate surface area is 146 Å². The molecule has 0 radical (unpaired) electrons. The van der Waals surface area contributed by atoms with E-state index >= 15 is 0 Å². The lowest BCUT2D eigenvalue weighted by Gasteiger charge is -2.61. The molecule has 4 aliphatic rings. The van der Waals surface area contributed by atoms with Crippen LogP contribution in [0.2, 0.25) is 0 Å². The topological polar surface area (TPSA) is 60.7 Å². The molecule has 138 valence electrons. The summed E-state index contributed by atoms with van der Waals surface area (Å²) in [7, 11) is 0. The van der Waals surface area contributed by atoms with Crippen molar-refractivity contribution in [3.05, 3.63) is 0 Å². The molecule has 0 heterocycles. The SMILES string of the molecule is C[C@H](O)[C@@H]1[C@@H](O)C[C@@H]2[C@H]3CC[C@H]4C[C@@H](O)CC[C@]4(C)[C@@H]3CC[C@]12C. The van der Waals surface area contributed by atoms with Gasteiger partial charge in [-0.2, -0.15) is 0 Å². The smallest absolute Gasteiger partial charge is 0.0601 e. The number of aliphatic hydroxyl groups excluding tert-OH is 3. The molecule has 3 N–H and O–H groups in total. The third-order valence-electron chi connectivity index (χ3n) is 9.27. The molecule has 0 aromatic carbocycles. The van der Waals surface area contributed by atoms with Gasteiger partial charge in [-0.05, 0) is 92.8 Å². The molecule has 0 unspecified atom stereocenters. The first-order valence-electron chi connectivity index (χ1n) is 10.3. The van der Waals surface area contributed by atoms with Crippen molar-refractivity contribution in [1.29, 1.82) is 0 Å². The number of aliphatic hydroxyl groups is 3. The largest absolute Gasteiger partial charge is 0.393 e. The van der Waals surface area contributed by atoms with Crippen molar-refractivity contribution in [2.75, 3.05) is 0 Å². The average molecular weight is 337 g/mol. The molecule has 4 aliphatic carbocycles. The molecule has 0 aromatic rings. The van der Waals surface area contributed by atoms with Crippen LogP contribution in [0.25, 0.3) is 0 Å². The molecule has 24 heavy (non-hydrogen) atoms. The van der Waals surface area contributed by atoms with Crippen LogP contribution in [0.15, 0.2) is 0 Å². The number of hydrogen-bond donors (Lipinski definition) is 3. The zero-order valence-corrected chi connectivity index (χ0v) is 15.6. The average Bonchev–Trinajstić information content (AvgIpc) is 2.78. The Morgan fingerprint density at radius 1 is 0.875 bits per heavy atom. The van der Waals surface area contributed by atoms with Crippen molar-refractivity contribution in [3.63, 3.8) is 0 Å². The minimum Gasteiger partial charge on any atom is -0.393 e. The highest BCUT2D eigenvalue weighted by atomic mass is 16.3. The van der Waals surface area contributed by atoms with Gasteiger partial charge in [0, 0.05) is 5.92 Å². The summed E-state index contributed by atoms with van der Waals surface area (Å²) in [5.74, 6) is 2.75. The zero-order valence-electron chi connectivity index (χ0n) is 15.6. The van der Waals surface area contributed by atoms with Gasteiger partial charge >= 0.3 is 0 Å². The van der Waals surface area contributed by atoms with Crippen LogP contribution in [-0.2, 0) is 0 Å². The lowest BCUT2D eigenvalue weighted by Crippen LogP contribution is -2.54. The van der Waals surface area contributed by atoms with E-state index in [0.717, 1.165) is 31.6 Å². The molecule has 0 spiro atoms. The normalized spacial score (nSPS) is 58.5. The van der Waals surface area contributed by atoms with Crippen LogP contribution in [0.3, 0.4) is 0 Å². The second-order valence-corrected chi connectivity index (χ2v) is 10.2. The second-order valence-electron chi connectivity index (χ2n) is 10.2. The minimum atomic E-state index is -0.414. The van der Waals surface area contributed by atoms with Crippen LogP contribution >= 0.6 is 0 Å². The first-order chi connectivity index (χ1) is 11.3. The lowest BCUT2D eigenvalue weighted by molar-refractivity contribution is -0.133. The standard InChI is InChI=1S/C21H36O3/c1-12(22)19-18(24)11-17-15-5-4-13-10-14(23)6-8-20(13,2)16(15)7-9-21(17,19)3/h12-19,22-24H,4-11H2,1-3H3/t12-,13-,14-,15-,16+,17+,18-,19+,20-,21-/m0/s1. The van der Waals surface area contributed by atoms with Gasteiger partial charge in [-0.15, -0.1) is 0 Å². The fraction of sp³-hybridized carbons (Fsp3) is 1.00. The van der Waals surface area contributed by atoms with E-state index in [1.807, 2.05) is 6.92 Å². The third-order valence-corrected chi connectivity index (χ3v) is 9.27. The first-order valence-corrected chi connectivity index (χ1v) is 10.3. The molecule has 3 nitrogen and oxygen atoms in total. The predicted molar refractivity (Wildman–Crippen MR) is 94.3 cm³/mol. The van der Waals surface area contributed by atoms with Crippen molar-refractivity contribution in [3.8, 4) is 0 Å². The second kappa shape index (κ2) is 5.69. The molecule has 0 amide bonds. The van der Waals surface area contributed by atoms with Crippen molar-refractivity contribution >= 4 is 0 Å². The third kappa shape index (κ3) is 2.27. The predicted octanol–water partition coefficient (Wildman–Crippen LogP) is 3.36. The highest BCUT2D eigenvalue weighted by molar-refractivity contribution is 5.11. The van der Waals surface area contributed by atoms with Gasteiger partial charge in [0.05, 0.1) is 18.3 Å². The Morgan fingerprint density at radius 2 is 1.58 bits per heavy atom. The summed E-state index contributed by atoms with van der Waals surface area (Å²) in [4.78, 5) is 0. The molecule has 0 aliphatic heterocycles. The van der Waals surface area contributed by atoms with Crippen molar-refractivity contribution in [1.82, 2.24) is 0 Å². The Bertz CT molecular complexity index is 491. The fourth-order valence-electron chi connectivity index (χ4n) is 8.16. The lowest BCUT2D eigenvalue weighted by atomic mass is 9.44. The minimum absolute atomic E-state index is 0.0437. The maximum Gasteiger partial charge on any atom is 0.0601 e. The Kier molecular flexibility index (Phi) is 4.10. The monoisotopic (exact) mass is 336 g/mol. The summed E-state index contributed by atoms with van der Waals surface area (Å²) in [6.45, 7) is 6.72. The maximum absolute atomic E-state index is 10.7. The van der Waals surface area contributed by atoms with Gasteiger partial charge < -0.3 is 15.3 Å². The summed E-state index contributed by atoms with van der Waals surface area (Å²) in [6.07, 6.45) is 8.10. The number of rotatable bonds is 1. The van der Waals surface area contributed by atoms with Gasteiger partial charge in [0.1, 0.15) is 0 Å². The molecule has 0 aromatic heterocycles. The number of hydrogen-bond acceptors (Lipinski definition) is 3. The molecule has 0 bridgehead atoms. The molecular formula is C21H36O3. The Morgan fingerprint density at radius 3 is 2.29 bits per heavy atom. The molecule has 4 saturated carbocycles. The summed E-state index contributed by atoms with van der Waals surface area (Å²) < 4.78 is 0. The number of fused-ring (bicyclic) bond motifs is 5. The van der Waals surface area contributed by atoms with Gasteiger partial charge in [0.25, 0.3) is 0 Å². The van der Waals surface area contributed by atoms with Gasteiger partial charge in [-0.25, -0.2) is 0 Å². The fourth-order valence-corrected chi connectivity index (χ4v) is 8.16. The van der Waals surface area contributed by atoms with Gasteiger partial charge in [0.15, 0.2) is 0 Å². The molecule has 10 atom stereocenters. The molecular weight excluding hydrogens is 300 g/mol. The molecule has 4 fully saturated rings. The molecule has 4 rings (SSSR count). The summed E-state index contributed by atoms with van der Waals surface area (Å²) >= 11 is 0. The summed E-state index contributed by atoms with van der Waals surface area (Å²) in [6, 6.07) is 0. The Hall–Kier alpha value is -0.120. The van der Waals surface area contributed by atoms with E-state index in [1.54, 1.807) is 0 Å². The molecule has 3 heteroatoms.